The van der Waals surface area contributed by atoms with Crippen molar-refractivity contribution in [2.75, 3.05) is 13.1 Å². The van der Waals surface area contributed by atoms with Crippen molar-refractivity contribution in [1.82, 2.24) is 4.90 Å². The highest BCUT2D eigenvalue weighted by atomic mass is 16.5. The molecule has 0 aromatic heterocycles. The third-order valence-electron chi connectivity index (χ3n) is 4.04. The first-order valence-corrected chi connectivity index (χ1v) is 6.70. The van der Waals surface area contributed by atoms with E-state index in [9.17, 15) is 10.0 Å². The van der Waals surface area contributed by atoms with E-state index in [1.165, 1.54) is 0 Å². The number of hydrogen-bond acceptors (Lipinski definition) is 2. The van der Waals surface area contributed by atoms with E-state index >= 15 is 0 Å². The molecule has 1 saturated heterocycles. The third-order valence-corrected chi connectivity index (χ3v) is 4.04. The van der Waals surface area contributed by atoms with Crippen LogP contribution in [-0.4, -0.2) is 29.9 Å². The highest BCUT2D eigenvalue weighted by Crippen LogP contribution is 2.26. The fourth-order valence-electron chi connectivity index (χ4n) is 3.10. The van der Waals surface area contributed by atoms with E-state index in [-0.39, 0.29) is 11.0 Å². The summed E-state index contributed by atoms with van der Waals surface area (Å²) in [6.45, 7) is 1.40. The molecule has 0 bridgehead atoms. The Kier molecular flexibility index (Phi) is 3.06. The molecule has 0 radical (unpaired) electrons. The van der Waals surface area contributed by atoms with Gasteiger partial charge in [-0.3, -0.25) is 4.79 Å². The Balaban J connectivity index is 2.03. The van der Waals surface area contributed by atoms with Crippen molar-refractivity contribution in [3.05, 3.63) is 35.0 Å². The molecule has 18 heavy (non-hydrogen) atoms. The Hall–Kier alpha value is -1.39. The van der Waals surface area contributed by atoms with Gasteiger partial charge in [-0.05, 0) is 31.7 Å². The summed E-state index contributed by atoms with van der Waals surface area (Å²) in [4.78, 5) is 14.5. The number of hydrogen-bond donors (Lipinski definition) is 1. The Labute approximate surface area is 107 Å². The van der Waals surface area contributed by atoms with Crippen molar-refractivity contribution < 1.29 is 9.86 Å². The van der Waals surface area contributed by atoms with Crippen molar-refractivity contribution in [2.24, 2.45) is 0 Å². The molecule has 4 nitrogen and oxygen atoms in total. The largest absolute Gasteiger partial charge is 0.629 e. The summed E-state index contributed by atoms with van der Waals surface area (Å²) in [5.41, 5.74) is 1.20. The molecule has 1 aromatic carbocycles. The number of rotatable bonds is 0. The van der Waals surface area contributed by atoms with E-state index in [1.54, 1.807) is 12.1 Å². The van der Waals surface area contributed by atoms with Gasteiger partial charge in [0.15, 0.2) is 0 Å². The van der Waals surface area contributed by atoms with E-state index in [1.807, 2.05) is 17.0 Å². The quantitative estimate of drug-likeness (QED) is 0.697. The van der Waals surface area contributed by atoms with Gasteiger partial charge < -0.3 is 15.2 Å². The number of amides is 1. The Bertz CT molecular complexity index is 461. The van der Waals surface area contributed by atoms with Crippen molar-refractivity contribution in [2.45, 2.75) is 31.7 Å². The molecule has 1 aromatic rings. The molecular formula is C14H18N2O2. The average Bonchev–Trinajstić information content (AvgIpc) is 2.86. The van der Waals surface area contributed by atoms with Gasteiger partial charge in [-0.15, -0.1) is 0 Å². The molecule has 2 heterocycles. The highest BCUT2D eigenvalue weighted by molar-refractivity contribution is 5.98. The summed E-state index contributed by atoms with van der Waals surface area (Å²) >= 11 is 0. The van der Waals surface area contributed by atoms with Gasteiger partial charge in [-0.25, -0.2) is 0 Å². The average molecular weight is 246 g/mol. The SMILES string of the molecule is O=C1c2ccccc2[NH+]([O-])CCC[C@H]2CCCN12. The third kappa shape index (κ3) is 1.91. The fourth-order valence-corrected chi connectivity index (χ4v) is 3.10. The first kappa shape index (κ1) is 11.7. The normalized spacial score (nSPS) is 28.1. The zero-order chi connectivity index (χ0) is 12.5. The summed E-state index contributed by atoms with van der Waals surface area (Å²) < 4.78 is 0. The van der Waals surface area contributed by atoms with Crippen LogP contribution in [0.25, 0.3) is 0 Å². The minimum atomic E-state index is 0.0448. The summed E-state index contributed by atoms with van der Waals surface area (Å²) in [5.74, 6) is 0.0448. The molecule has 4 heteroatoms. The number of carbonyl (C=O) groups is 1. The number of benzene rings is 1. The van der Waals surface area contributed by atoms with Crippen molar-refractivity contribution >= 4 is 11.6 Å². The lowest BCUT2D eigenvalue weighted by Crippen LogP contribution is -3.02. The fraction of sp³-hybridized carbons (Fsp3) is 0.500. The molecule has 3 rings (SSSR count). The summed E-state index contributed by atoms with van der Waals surface area (Å²) in [6, 6.07) is 7.59. The monoisotopic (exact) mass is 246 g/mol. The molecule has 1 unspecified atom stereocenters. The van der Waals surface area contributed by atoms with Gasteiger partial charge in [0, 0.05) is 18.7 Å². The van der Waals surface area contributed by atoms with Crippen LogP contribution in [0.15, 0.2) is 24.3 Å². The molecule has 2 aliphatic heterocycles. The van der Waals surface area contributed by atoms with Crippen molar-refractivity contribution in [3.63, 3.8) is 0 Å². The predicted molar refractivity (Wildman–Crippen MR) is 68.6 cm³/mol. The first-order chi connectivity index (χ1) is 8.77. The van der Waals surface area contributed by atoms with Crippen LogP contribution in [-0.2, 0) is 0 Å². The number of quaternary nitrogens is 1. The Morgan fingerprint density at radius 3 is 2.89 bits per heavy atom. The number of hydroxylamine groups is 1. The molecule has 2 atom stereocenters. The molecular weight excluding hydrogens is 228 g/mol. The topological polar surface area (TPSA) is 47.8 Å². The van der Waals surface area contributed by atoms with Crippen LogP contribution in [0.1, 0.15) is 36.0 Å². The number of nitrogens with zero attached hydrogens (tertiary/aromatic N) is 1. The number of carbonyl (C=O) groups excluding carboxylic acids is 1. The van der Waals surface area contributed by atoms with Crippen LogP contribution < -0.4 is 5.06 Å². The Morgan fingerprint density at radius 1 is 1.22 bits per heavy atom. The van der Waals surface area contributed by atoms with Crippen LogP contribution in [0.3, 0.4) is 0 Å². The zero-order valence-corrected chi connectivity index (χ0v) is 10.4. The number of para-hydroxylation sites is 1. The van der Waals surface area contributed by atoms with E-state index < -0.39 is 0 Å². The van der Waals surface area contributed by atoms with Crippen LogP contribution in [0.5, 0.6) is 0 Å². The van der Waals surface area contributed by atoms with Gasteiger partial charge in [0.05, 0.1) is 6.54 Å². The van der Waals surface area contributed by atoms with Crippen LogP contribution in [0, 0.1) is 5.21 Å². The second-order valence-corrected chi connectivity index (χ2v) is 5.16. The minimum absolute atomic E-state index is 0.0448. The van der Waals surface area contributed by atoms with Crippen LogP contribution in [0.4, 0.5) is 5.69 Å². The first-order valence-electron chi connectivity index (χ1n) is 6.70. The zero-order valence-electron chi connectivity index (χ0n) is 10.4. The molecule has 96 valence electrons. The molecule has 0 spiro atoms. The van der Waals surface area contributed by atoms with Gasteiger partial charge in [-0.1, -0.05) is 12.1 Å². The molecule has 0 saturated carbocycles. The van der Waals surface area contributed by atoms with E-state index in [4.69, 9.17) is 0 Å². The maximum atomic E-state index is 12.5. The second-order valence-electron chi connectivity index (χ2n) is 5.16. The lowest BCUT2D eigenvalue weighted by molar-refractivity contribution is -0.776. The lowest BCUT2D eigenvalue weighted by atomic mass is 10.1. The smallest absolute Gasteiger partial charge is 0.260 e. The van der Waals surface area contributed by atoms with Gasteiger partial charge in [-0.2, -0.15) is 0 Å². The maximum Gasteiger partial charge on any atom is 0.260 e. The summed E-state index contributed by atoms with van der Waals surface area (Å²) in [6.07, 6.45) is 4.03. The summed E-state index contributed by atoms with van der Waals surface area (Å²) in [5, 5.41) is 12.2. The standard InChI is InChI=1S/C14H18N2O2/c17-14-12-7-1-2-8-13(12)16(18)10-4-6-11-5-3-9-15(11)14/h1-2,7-8,11,16H,3-6,9-10H2/t11-/m1/s1. The van der Waals surface area contributed by atoms with Crippen LogP contribution >= 0.6 is 0 Å². The van der Waals surface area contributed by atoms with Crippen molar-refractivity contribution in [1.29, 1.82) is 0 Å². The van der Waals surface area contributed by atoms with E-state index in [0.717, 1.165) is 32.2 Å². The second kappa shape index (κ2) is 4.71. The highest BCUT2D eigenvalue weighted by Gasteiger charge is 2.32. The Morgan fingerprint density at radius 2 is 2.00 bits per heavy atom. The molecule has 1 fully saturated rings. The van der Waals surface area contributed by atoms with Crippen LogP contribution in [0.2, 0.25) is 0 Å². The number of fused-ring (bicyclic) bond motifs is 2. The van der Waals surface area contributed by atoms with Gasteiger partial charge in [0.25, 0.3) is 5.91 Å². The van der Waals surface area contributed by atoms with Gasteiger partial charge in [0.1, 0.15) is 11.3 Å². The molecule has 0 aliphatic carbocycles. The van der Waals surface area contributed by atoms with Crippen molar-refractivity contribution in [3.8, 4) is 0 Å². The summed E-state index contributed by atoms with van der Waals surface area (Å²) in [7, 11) is 0. The van der Waals surface area contributed by atoms with Gasteiger partial charge in [0.2, 0.25) is 0 Å². The van der Waals surface area contributed by atoms with E-state index in [2.05, 4.69) is 0 Å². The predicted octanol–water partition coefficient (Wildman–Crippen LogP) is 1.10. The minimum Gasteiger partial charge on any atom is -0.629 e. The molecule has 2 aliphatic rings. The maximum absolute atomic E-state index is 12.5. The molecule has 1 N–H and O–H groups in total. The van der Waals surface area contributed by atoms with E-state index in [0.29, 0.717) is 23.8 Å². The molecule has 1 amide bonds. The van der Waals surface area contributed by atoms with Gasteiger partial charge >= 0.3 is 0 Å². The lowest BCUT2D eigenvalue weighted by Gasteiger charge is -2.24. The number of nitrogens with one attached hydrogen (secondary N) is 1.